The van der Waals surface area contributed by atoms with Crippen molar-refractivity contribution in [2.24, 2.45) is 19.6 Å². The molecule has 2 heterocycles. The third-order valence-electron chi connectivity index (χ3n) is 4.57. The molecule has 1 saturated heterocycles. The molecule has 2 aliphatic heterocycles. The molecule has 0 aromatic rings. The molecule has 162 valence electrons. The van der Waals surface area contributed by atoms with E-state index in [0.29, 0.717) is 18.7 Å². The Labute approximate surface area is 175 Å². The van der Waals surface area contributed by atoms with E-state index in [1.807, 2.05) is 0 Å². The van der Waals surface area contributed by atoms with Gasteiger partial charge in [0.1, 0.15) is 23.2 Å². The van der Waals surface area contributed by atoms with Gasteiger partial charge in [0.25, 0.3) is 5.96 Å². The summed E-state index contributed by atoms with van der Waals surface area (Å²) < 4.78 is 64.8. The van der Waals surface area contributed by atoms with Gasteiger partial charge in [-0.25, -0.2) is 5.87 Å². The van der Waals surface area contributed by atoms with E-state index in [1.165, 1.54) is 24.1 Å². The number of likely N-dealkylation sites (tertiary alicyclic amines) is 1. The van der Waals surface area contributed by atoms with Crippen LogP contribution in [-0.2, 0) is 10.0 Å². The fraction of sp³-hybridized carbons (Fsp3) is 0.353. The highest BCUT2D eigenvalue weighted by atomic mass is 32.2. The maximum atomic E-state index is 12.9. The van der Waals surface area contributed by atoms with E-state index in [9.17, 15) is 21.6 Å². The Morgan fingerprint density at radius 2 is 1.94 bits per heavy atom. The number of alkyl halides is 3. The van der Waals surface area contributed by atoms with Gasteiger partial charge in [-0.15, -0.1) is 10.2 Å². The van der Waals surface area contributed by atoms with E-state index < -0.39 is 21.2 Å². The summed E-state index contributed by atoms with van der Waals surface area (Å²) in [5.74, 6) is 1.63. The lowest BCUT2D eigenvalue weighted by atomic mass is 9.93. The minimum absolute atomic E-state index is 0.0759. The molecule has 0 atom stereocenters. The van der Waals surface area contributed by atoms with E-state index >= 15 is 0 Å². The molecule has 0 bridgehead atoms. The number of guanidine groups is 1. The summed E-state index contributed by atoms with van der Waals surface area (Å²) in [7, 11) is -2.69. The van der Waals surface area contributed by atoms with Gasteiger partial charge < -0.3 is 15.2 Å². The standard InChI is InChI=1S/C17H14F3N8O2S/c1-27-5-3-4-10-6-11(12(7-14(10)27)26-31(29,30)17(18,19)20)24-25-16-23-13(8-21)15(9-22)28(16)2/h6-7H,3-5H2,1-2H3/q-1/b24-11?,25-16?,26-12+. The normalized spacial score (nSPS) is 23.4. The van der Waals surface area contributed by atoms with Gasteiger partial charge in [0.05, 0.1) is 0 Å². The lowest BCUT2D eigenvalue weighted by Crippen LogP contribution is -2.31. The van der Waals surface area contributed by atoms with E-state index in [4.69, 9.17) is 10.7 Å². The molecule has 0 unspecified atom stereocenters. The molecular formula is C17H14F3N8O2S-. The number of nitrogens with zero attached hydrogens (tertiary/aromatic N) is 8. The smallest absolute Gasteiger partial charge is 0.518 e. The fourth-order valence-electron chi connectivity index (χ4n) is 3.01. The number of hydrogen-bond acceptors (Lipinski definition) is 6. The van der Waals surface area contributed by atoms with Crippen molar-refractivity contribution in [2.45, 2.75) is 18.3 Å². The highest BCUT2D eigenvalue weighted by Gasteiger charge is 2.46. The third kappa shape index (κ3) is 4.18. The zero-order chi connectivity index (χ0) is 23.0. The van der Waals surface area contributed by atoms with E-state index in [-0.39, 0.29) is 23.1 Å². The Balaban J connectivity index is 2.13. The maximum Gasteiger partial charge on any atom is 0.518 e. The molecule has 0 radical (unpaired) electrons. The predicted octanol–water partition coefficient (Wildman–Crippen LogP) is 1.57. The summed E-state index contributed by atoms with van der Waals surface area (Å²) in [5.41, 5.74) is -5.33. The summed E-state index contributed by atoms with van der Waals surface area (Å²) in [4.78, 5) is 6.79. The number of likely N-dealkylation sites (N-methyl/N-ethyl adjacent to an activating group) is 1. The summed E-state index contributed by atoms with van der Waals surface area (Å²) in [6, 6.07) is 1.73. The third-order valence-corrected chi connectivity index (χ3v) is 5.59. The molecule has 0 aromatic heterocycles. The van der Waals surface area contributed by atoms with Gasteiger partial charge in [0.2, 0.25) is 0 Å². The first kappa shape index (κ1) is 22.1. The Morgan fingerprint density at radius 3 is 2.52 bits per heavy atom. The molecular weight excluding hydrogens is 437 g/mol. The average Bonchev–Trinajstić information content (AvgIpc) is 3.00. The Hall–Kier alpha value is -3.56. The van der Waals surface area contributed by atoms with Crippen LogP contribution < -0.4 is 0 Å². The number of halogens is 3. The van der Waals surface area contributed by atoms with Crippen LogP contribution in [0.2, 0.25) is 0 Å². The number of piperidine rings is 1. The molecule has 3 rings (SSSR count). The predicted molar refractivity (Wildman–Crippen MR) is 108 cm³/mol. The summed E-state index contributed by atoms with van der Waals surface area (Å²) in [6.07, 6.45) is 4.02. The lowest BCUT2D eigenvalue weighted by Gasteiger charge is -2.32. The van der Waals surface area contributed by atoms with Crippen LogP contribution in [0.4, 0.5) is 13.2 Å². The van der Waals surface area contributed by atoms with E-state index in [1.54, 1.807) is 23.9 Å². The van der Waals surface area contributed by atoms with Gasteiger partial charge in [-0.1, -0.05) is 0 Å². The number of allylic oxidation sites excluding steroid dienone is 4. The van der Waals surface area contributed by atoms with Gasteiger partial charge in [0.15, 0.2) is 5.71 Å². The Kier molecular flexibility index (Phi) is 5.66. The van der Waals surface area contributed by atoms with Crippen molar-refractivity contribution in [1.82, 2.24) is 9.80 Å². The second-order valence-electron chi connectivity index (χ2n) is 6.60. The highest BCUT2D eigenvalue weighted by molar-refractivity contribution is 7.91. The molecule has 0 saturated carbocycles. The zero-order valence-corrected chi connectivity index (χ0v) is 17.0. The number of aliphatic imine (C=N–C) groups is 1. The number of nitriles is 1. The first-order valence-electron chi connectivity index (χ1n) is 8.69. The Bertz CT molecular complexity index is 1210. The molecule has 3 aliphatic rings. The van der Waals surface area contributed by atoms with Crippen LogP contribution in [0.5, 0.6) is 0 Å². The molecule has 10 nitrogen and oxygen atoms in total. The molecule has 0 spiro atoms. The van der Waals surface area contributed by atoms with Gasteiger partial charge in [-0.05, 0) is 30.6 Å². The van der Waals surface area contributed by atoms with Crippen LogP contribution in [0.1, 0.15) is 12.8 Å². The fourth-order valence-corrected chi connectivity index (χ4v) is 3.52. The monoisotopic (exact) mass is 451 g/mol. The molecule has 0 aromatic carbocycles. The van der Waals surface area contributed by atoms with Crippen molar-refractivity contribution >= 4 is 39.0 Å². The summed E-state index contributed by atoms with van der Waals surface area (Å²) >= 11 is 0. The summed E-state index contributed by atoms with van der Waals surface area (Å²) in [5, 5.41) is 25.8. The van der Waals surface area contributed by atoms with Gasteiger partial charge in [-0.3, -0.25) is 0 Å². The summed E-state index contributed by atoms with van der Waals surface area (Å²) in [6.45, 7) is 0.639. The van der Waals surface area contributed by atoms with Crippen LogP contribution >= 0.6 is 0 Å². The van der Waals surface area contributed by atoms with Crippen LogP contribution in [-0.4, -0.2) is 73.3 Å². The van der Waals surface area contributed by atoms with E-state index in [2.05, 4.69) is 19.6 Å². The van der Waals surface area contributed by atoms with Crippen molar-refractivity contribution in [2.75, 3.05) is 20.6 Å². The number of hydrogen-bond donors (Lipinski definition) is 0. The topological polar surface area (TPSA) is 136 Å². The van der Waals surface area contributed by atoms with Crippen molar-refractivity contribution < 1.29 is 21.6 Å². The highest BCUT2D eigenvalue weighted by Crippen LogP contribution is 2.30. The van der Waals surface area contributed by atoms with Crippen LogP contribution in [0.15, 0.2) is 48.7 Å². The zero-order valence-electron chi connectivity index (χ0n) is 16.2. The average molecular weight is 451 g/mol. The van der Waals surface area contributed by atoms with E-state index in [0.717, 1.165) is 12.0 Å². The molecule has 31 heavy (non-hydrogen) atoms. The molecule has 0 N–H and O–H groups in total. The number of sulfonamides is 1. The quantitative estimate of drug-likeness (QED) is 0.357. The Morgan fingerprint density at radius 1 is 1.23 bits per heavy atom. The van der Waals surface area contributed by atoms with Crippen LogP contribution in [0.25, 0.3) is 5.41 Å². The van der Waals surface area contributed by atoms with Crippen molar-refractivity contribution in [1.29, 1.82) is 5.26 Å². The number of rotatable bonds is 2. The lowest BCUT2D eigenvalue weighted by molar-refractivity contribution is -0.0435. The second-order valence-corrected chi connectivity index (χ2v) is 8.19. The molecule has 1 aliphatic carbocycles. The minimum atomic E-state index is -5.82. The molecule has 1 fully saturated rings. The van der Waals surface area contributed by atoms with Crippen molar-refractivity contribution in [3.05, 3.63) is 34.5 Å². The maximum absolute atomic E-state index is 12.9. The van der Waals surface area contributed by atoms with Crippen molar-refractivity contribution in [3.63, 3.8) is 0 Å². The molecule has 0 amide bonds. The van der Waals surface area contributed by atoms with Crippen LogP contribution in [0.3, 0.4) is 0 Å². The SMILES string of the molecule is CN1CCCC2=CC(=NN=C3N=C(C#N)C(=C=[N-])N3C)/C(=N/S(=O)(=O)C(F)(F)F)C=C21. The minimum Gasteiger partial charge on any atom is -0.761 e. The number of fused-ring (bicyclic) bond motifs is 1. The van der Waals surface area contributed by atoms with Crippen molar-refractivity contribution in [3.8, 4) is 6.07 Å². The largest absolute Gasteiger partial charge is 0.761 e. The second kappa shape index (κ2) is 7.93. The first-order valence-corrected chi connectivity index (χ1v) is 10.1. The molecule has 14 heteroatoms. The van der Waals surface area contributed by atoms with Gasteiger partial charge >= 0.3 is 15.5 Å². The van der Waals surface area contributed by atoms with Gasteiger partial charge in [-0.2, -0.15) is 36.2 Å². The van der Waals surface area contributed by atoms with Gasteiger partial charge in [0, 0.05) is 26.3 Å². The first-order chi connectivity index (χ1) is 14.5. The van der Waals surface area contributed by atoms with Crippen LogP contribution in [0, 0.1) is 11.3 Å².